The quantitative estimate of drug-likeness (QED) is 0.786. The highest BCUT2D eigenvalue weighted by Gasteiger charge is 2.19. The number of nitrogens with two attached hydrogens (primary N) is 1. The highest BCUT2D eigenvalue weighted by atomic mass is 79.9. The zero-order valence-corrected chi connectivity index (χ0v) is 13.5. The highest BCUT2D eigenvalue weighted by Crippen LogP contribution is 2.36. The summed E-state index contributed by atoms with van der Waals surface area (Å²) in [4.78, 5) is 0. The van der Waals surface area contributed by atoms with E-state index in [2.05, 4.69) is 40.2 Å². The van der Waals surface area contributed by atoms with Gasteiger partial charge in [-0.05, 0) is 63.5 Å². The minimum atomic E-state index is -0.112. The Hall–Kier alpha value is -0.830. The van der Waals surface area contributed by atoms with E-state index in [4.69, 9.17) is 17.3 Å². The first-order valence-electron chi connectivity index (χ1n) is 6.95. The lowest BCUT2D eigenvalue weighted by Crippen LogP contribution is -2.13. The topological polar surface area (TPSA) is 26.0 Å². The van der Waals surface area contributed by atoms with Crippen LogP contribution in [0.4, 0.5) is 0 Å². The van der Waals surface area contributed by atoms with Crippen molar-refractivity contribution in [1.82, 2.24) is 0 Å². The summed E-state index contributed by atoms with van der Waals surface area (Å²) in [5, 5.41) is 0.710. The summed E-state index contributed by atoms with van der Waals surface area (Å²) in [6, 6.07) is 14.5. The molecule has 0 aromatic heterocycles. The van der Waals surface area contributed by atoms with Crippen LogP contribution in [-0.2, 0) is 0 Å². The number of rotatable bonds is 3. The summed E-state index contributed by atoms with van der Waals surface area (Å²) in [5.74, 6) is 0.768. The molecule has 0 amide bonds. The van der Waals surface area contributed by atoms with Gasteiger partial charge in [-0.15, -0.1) is 0 Å². The third kappa shape index (κ3) is 2.78. The second-order valence-corrected chi connectivity index (χ2v) is 6.71. The SMILES string of the molecule is NC(c1ccc(C2CCC2)cc1)c1ccc(Cl)c(Br)c1. The Morgan fingerprint density at radius 1 is 1.05 bits per heavy atom. The van der Waals surface area contributed by atoms with Crippen LogP contribution in [0.5, 0.6) is 0 Å². The van der Waals surface area contributed by atoms with Crippen LogP contribution in [0.2, 0.25) is 5.02 Å². The van der Waals surface area contributed by atoms with E-state index in [-0.39, 0.29) is 6.04 Å². The molecule has 3 heteroatoms. The van der Waals surface area contributed by atoms with Gasteiger partial charge in [-0.2, -0.15) is 0 Å². The first kappa shape index (κ1) is 14.1. The molecule has 2 aromatic carbocycles. The summed E-state index contributed by atoms with van der Waals surface area (Å²) in [5.41, 5.74) is 10.0. The van der Waals surface area contributed by atoms with Crippen LogP contribution >= 0.6 is 27.5 Å². The molecular formula is C17H17BrClN. The van der Waals surface area contributed by atoms with Crippen LogP contribution in [-0.4, -0.2) is 0 Å². The summed E-state index contributed by atoms with van der Waals surface area (Å²) < 4.78 is 0.887. The lowest BCUT2D eigenvalue weighted by atomic mass is 9.79. The van der Waals surface area contributed by atoms with E-state index < -0.39 is 0 Å². The maximum atomic E-state index is 6.34. The van der Waals surface area contributed by atoms with Gasteiger partial charge in [0.05, 0.1) is 11.1 Å². The summed E-state index contributed by atoms with van der Waals surface area (Å²) in [7, 11) is 0. The monoisotopic (exact) mass is 349 g/mol. The molecule has 0 heterocycles. The van der Waals surface area contributed by atoms with Gasteiger partial charge in [-0.1, -0.05) is 48.4 Å². The number of hydrogen-bond acceptors (Lipinski definition) is 1. The van der Waals surface area contributed by atoms with Gasteiger partial charge in [0.25, 0.3) is 0 Å². The smallest absolute Gasteiger partial charge is 0.0552 e. The van der Waals surface area contributed by atoms with Crippen molar-refractivity contribution in [3.05, 3.63) is 68.7 Å². The van der Waals surface area contributed by atoms with Crippen molar-refractivity contribution in [2.24, 2.45) is 5.73 Å². The number of benzene rings is 2. The molecule has 2 aromatic rings. The van der Waals surface area contributed by atoms with Gasteiger partial charge < -0.3 is 5.73 Å². The maximum absolute atomic E-state index is 6.34. The van der Waals surface area contributed by atoms with E-state index in [0.717, 1.165) is 21.5 Å². The van der Waals surface area contributed by atoms with Gasteiger partial charge in [0.1, 0.15) is 0 Å². The van der Waals surface area contributed by atoms with E-state index >= 15 is 0 Å². The lowest BCUT2D eigenvalue weighted by Gasteiger charge is -2.26. The molecule has 1 aliphatic rings. The first-order valence-corrected chi connectivity index (χ1v) is 8.12. The molecule has 0 aliphatic heterocycles. The first-order chi connectivity index (χ1) is 9.65. The normalized spacial score (nSPS) is 16.8. The van der Waals surface area contributed by atoms with Gasteiger partial charge >= 0.3 is 0 Å². The van der Waals surface area contributed by atoms with Gasteiger partial charge in [-0.25, -0.2) is 0 Å². The van der Waals surface area contributed by atoms with E-state index in [1.165, 1.54) is 24.8 Å². The van der Waals surface area contributed by atoms with Crippen LogP contribution in [0.1, 0.15) is 47.9 Å². The molecule has 1 aliphatic carbocycles. The fraction of sp³-hybridized carbons (Fsp3) is 0.294. The van der Waals surface area contributed by atoms with Gasteiger partial charge in [-0.3, -0.25) is 0 Å². The van der Waals surface area contributed by atoms with Crippen molar-refractivity contribution in [3.63, 3.8) is 0 Å². The molecule has 1 saturated carbocycles. The molecule has 0 saturated heterocycles. The Kier molecular flexibility index (Phi) is 4.16. The molecule has 1 nitrogen and oxygen atoms in total. The molecule has 20 heavy (non-hydrogen) atoms. The molecule has 1 fully saturated rings. The fourth-order valence-corrected chi connectivity index (χ4v) is 3.13. The Morgan fingerprint density at radius 3 is 2.25 bits per heavy atom. The molecule has 2 N–H and O–H groups in total. The Morgan fingerprint density at radius 2 is 1.70 bits per heavy atom. The Bertz CT molecular complexity index is 605. The van der Waals surface area contributed by atoms with Crippen molar-refractivity contribution < 1.29 is 0 Å². The van der Waals surface area contributed by atoms with Crippen molar-refractivity contribution >= 4 is 27.5 Å². The van der Waals surface area contributed by atoms with Crippen LogP contribution in [0.3, 0.4) is 0 Å². The average Bonchev–Trinajstić information content (AvgIpc) is 2.40. The van der Waals surface area contributed by atoms with Crippen molar-refractivity contribution in [1.29, 1.82) is 0 Å². The molecule has 1 atom stereocenters. The van der Waals surface area contributed by atoms with Crippen molar-refractivity contribution in [2.45, 2.75) is 31.2 Å². The fourth-order valence-electron chi connectivity index (χ4n) is 2.62. The molecule has 1 unspecified atom stereocenters. The highest BCUT2D eigenvalue weighted by molar-refractivity contribution is 9.10. The largest absolute Gasteiger partial charge is 0.320 e. The summed E-state index contributed by atoms with van der Waals surface area (Å²) >= 11 is 9.47. The molecule has 0 bridgehead atoms. The predicted octanol–water partition coefficient (Wildman–Crippen LogP) is 5.42. The van der Waals surface area contributed by atoms with Gasteiger partial charge in [0.2, 0.25) is 0 Å². The van der Waals surface area contributed by atoms with E-state index in [9.17, 15) is 0 Å². The minimum absolute atomic E-state index is 0.112. The average molecular weight is 351 g/mol. The van der Waals surface area contributed by atoms with Crippen LogP contribution in [0.15, 0.2) is 46.9 Å². The minimum Gasteiger partial charge on any atom is -0.320 e. The van der Waals surface area contributed by atoms with Crippen molar-refractivity contribution in [2.75, 3.05) is 0 Å². The molecule has 104 valence electrons. The molecule has 3 rings (SSSR count). The third-order valence-electron chi connectivity index (χ3n) is 4.17. The van der Waals surface area contributed by atoms with Crippen molar-refractivity contribution in [3.8, 4) is 0 Å². The van der Waals surface area contributed by atoms with Crippen LogP contribution < -0.4 is 5.73 Å². The Labute approximate surface area is 133 Å². The summed E-state index contributed by atoms with van der Waals surface area (Å²) in [6.07, 6.45) is 4.02. The second kappa shape index (κ2) is 5.88. The number of hydrogen-bond donors (Lipinski definition) is 1. The molecular weight excluding hydrogens is 334 g/mol. The van der Waals surface area contributed by atoms with Crippen LogP contribution in [0.25, 0.3) is 0 Å². The lowest BCUT2D eigenvalue weighted by molar-refractivity contribution is 0.419. The Balaban J connectivity index is 1.82. The number of halogens is 2. The van der Waals surface area contributed by atoms with E-state index in [1.807, 2.05) is 18.2 Å². The standard InChI is InChI=1S/C17H17BrClN/c18-15-10-14(8-9-16(15)19)17(20)13-6-4-12(5-7-13)11-2-1-3-11/h4-11,17H,1-3,20H2. The predicted molar refractivity (Wildman–Crippen MR) is 88.2 cm³/mol. The summed E-state index contributed by atoms with van der Waals surface area (Å²) in [6.45, 7) is 0. The maximum Gasteiger partial charge on any atom is 0.0552 e. The van der Waals surface area contributed by atoms with Gasteiger partial charge in [0, 0.05) is 4.47 Å². The molecule has 0 radical (unpaired) electrons. The molecule has 0 spiro atoms. The zero-order valence-electron chi connectivity index (χ0n) is 11.2. The third-order valence-corrected chi connectivity index (χ3v) is 5.39. The van der Waals surface area contributed by atoms with E-state index in [0.29, 0.717) is 5.02 Å². The zero-order chi connectivity index (χ0) is 14.1. The van der Waals surface area contributed by atoms with Crippen LogP contribution in [0, 0.1) is 0 Å². The second-order valence-electron chi connectivity index (χ2n) is 5.45. The van der Waals surface area contributed by atoms with E-state index in [1.54, 1.807) is 0 Å². The van der Waals surface area contributed by atoms with Gasteiger partial charge in [0.15, 0.2) is 0 Å².